The van der Waals surface area contributed by atoms with E-state index in [0.717, 1.165) is 6.54 Å². The van der Waals surface area contributed by atoms with Gasteiger partial charge >= 0.3 is 12.1 Å². The highest BCUT2D eigenvalue weighted by Gasteiger charge is 2.42. The number of carbonyl (C=O) groups is 1. The van der Waals surface area contributed by atoms with Gasteiger partial charge in [0, 0.05) is 12.6 Å². The molecule has 2 N–H and O–H groups in total. The van der Waals surface area contributed by atoms with E-state index in [1.807, 2.05) is 13.8 Å². The van der Waals surface area contributed by atoms with E-state index in [9.17, 15) is 23.1 Å². The Morgan fingerprint density at radius 2 is 2.00 bits per heavy atom. The van der Waals surface area contributed by atoms with Crippen molar-refractivity contribution in [1.29, 1.82) is 0 Å². The van der Waals surface area contributed by atoms with Crippen LogP contribution in [0.2, 0.25) is 0 Å². The number of nitrogens with one attached hydrogen (secondary N) is 1. The Morgan fingerprint density at radius 3 is 2.47 bits per heavy atom. The first-order valence-electron chi connectivity index (χ1n) is 6.45. The van der Waals surface area contributed by atoms with Crippen molar-refractivity contribution in [3.63, 3.8) is 0 Å². The monoisotopic (exact) mass is 282 g/mol. The Labute approximate surface area is 111 Å². The van der Waals surface area contributed by atoms with E-state index in [-0.39, 0.29) is 18.9 Å². The number of carboxylic acid groups (broad SMARTS) is 1. The van der Waals surface area contributed by atoms with Crippen LogP contribution in [0.1, 0.15) is 33.1 Å². The number of hydrogen-bond donors (Lipinski definition) is 2. The molecule has 1 aliphatic heterocycles. The van der Waals surface area contributed by atoms with Gasteiger partial charge in [0.25, 0.3) is 0 Å². The van der Waals surface area contributed by atoms with Crippen molar-refractivity contribution >= 4 is 5.97 Å². The fourth-order valence-corrected chi connectivity index (χ4v) is 2.41. The molecule has 1 fully saturated rings. The van der Waals surface area contributed by atoms with Gasteiger partial charge < -0.3 is 10.0 Å². The normalized spacial score (nSPS) is 26.4. The van der Waals surface area contributed by atoms with Gasteiger partial charge in [-0.05, 0) is 39.7 Å². The van der Waals surface area contributed by atoms with Crippen molar-refractivity contribution < 1.29 is 23.1 Å². The quantitative estimate of drug-likeness (QED) is 0.826. The van der Waals surface area contributed by atoms with E-state index < -0.39 is 24.2 Å². The molecule has 0 aliphatic carbocycles. The van der Waals surface area contributed by atoms with Crippen LogP contribution >= 0.6 is 0 Å². The van der Waals surface area contributed by atoms with Gasteiger partial charge in [-0.3, -0.25) is 10.1 Å². The van der Waals surface area contributed by atoms with Crippen LogP contribution < -0.4 is 5.32 Å². The van der Waals surface area contributed by atoms with E-state index in [1.165, 1.54) is 0 Å². The van der Waals surface area contributed by atoms with Crippen LogP contribution in [0.25, 0.3) is 0 Å². The number of hydrogen-bond acceptors (Lipinski definition) is 3. The van der Waals surface area contributed by atoms with E-state index in [0.29, 0.717) is 13.0 Å². The average molecular weight is 282 g/mol. The highest BCUT2D eigenvalue weighted by atomic mass is 19.4. The summed E-state index contributed by atoms with van der Waals surface area (Å²) >= 11 is 0. The molecule has 0 bridgehead atoms. The maximum atomic E-state index is 12.3. The molecule has 0 amide bonds. The highest BCUT2D eigenvalue weighted by Crippen LogP contribution is 2.25. The van der Waals surface area contributed by atoms with Crippen molar-refractivity contribution in [3.8, 4) is 0 Å². The first kappa shape index (κ1) is 16.2. The van der Waals surface area contributed by atoms with Crippen LogP contribution in [-0.2, 0) is 4.79 Å². The van der Waals surface area contributed by atoms with Crippen LogP contribution in [-0.4, -0.2) is 53.4 Å². The molecule has 19 heavy (non-hydrogen) atoms. The fourth-order valence-electron chi connectivity index (χ4n) is 2.41. The summed E-state index contributed by atoms with van der Waals surface area (Å²) in [5, 5.41) is 11.5. The zero-order valence-corrected chi connectivity index (χ0v) is 11.3. The van der Waals surface area contributed by atoms with Crippen LogP contribution in [0, 0.1) is 0 Å². The van der Waals surface area contributed by atoms with Crippen molar-refractivity contribution in [2.75, 3.05) is 19.6 Å². The predicted octanol–water partition coefficient (Wildman–Crippen LogP) is 1.86. The minimum Gasteiger partial charge on any atom is -0.480 e. The zero-order valence-electron chi connectivity index (χ0n) is 11.3. The van der Waals surface area contributed by atoms with Gasteiger partial charge in [0.1, 0.15) is 5.54 Å². The third kappa shape index (κ3) is 4.65. The summed E-state index contributed by atoms with van der Waals surface area (Å²) in [5.41, 5.74) is -1.46. The topological polar surface area (TPSA) is 52.6 Å². The molecule has 7 heteroatoms. The van der Waals surface area contributed by atoms with Gasteiger partial charge in [0.15, 0.2) is 0 Å². The number of halogens is 3. The predicted molar refractivity (Wildman–Crippen MR) is 65.0 cm³/mol. The third-order valence-electron chi connectivity index (χ3n) is 3.64. The second-order valence-electron chi connectivity index (χ2n) is 5.34. The van der Waals surface area contributed by atoms with Gasteiger partial charge in [0.2, 0.25) is 0 Å². The average Bonchev–Trinajstić information content (AvgIpc) is 2.48. The maximum absolute atomic E-state index is 12.3. The van der Waals surface area contributed by atoms with Crippen LogP contribution in [0.4, 0.5) is 13.2 Å². The van der Waals surface area contributed by atoms with Gasteiger partial charge in [-0.2, -0.15) is 13.2 Å². The minimum atomic E-state index is -4.40. The Kier molecular flexibility index (Phi) is 5.20. The summed E-state index contributed by atoms with van der Waals surface area (Å²) in [7, 11) is 0. The summed E-state index contributed by atoms with van der Waals surface area (Å²) in [5.74, 6) is -1.19. The van der Waals surface area contributed by atoms with Crippen molar-refractivity contribution in [1.82, 2.24) is 10.2 Å². The van der Waals surface area contributed by atoms with Crippen LogP contribution in [0.15, 0.2) is 0 Å². The van der Waals surface area contributed by atoms with E-state index in [1.54, 1.807) is 0 Å². The van der Waals surface area contributed by atoms with Gasteiger partial charge in [-0.1, -0.05) is 0 Å². The van der Waals surface area contributed by atoms with Crippen LogP contribution in [0.5, 0.6) is 0 Å². The number of nitrogens with zero attached hydrogens (tertiary/aromatic N) is 1. The molecular weight excluding hydrogens is 261 g/mol. The molecular formula is C12H21F3N2O2. The van der Waals surface area contributed by atoms with Gasteiger partial charge in [-0.25, -0.2) is 0 Å². The second-order valence-corrected chi connectivity index (χ2v) is 5.34. The van der Waals surface area contributed by atoms with E-state index in [4.69, 9.17) is 0 Å². The maximum Gasteiger partial charge on any atom is 0.401 e. The minimum absolute atomic E-state index is 0.191. The lowest BCUT2D eigenvalue weighted by atomic mass is 9.90. The number of alkyl halides is 3. The first-order chi connectivity index (χ1) is 8.66. The molecule has 1 unspecified atom stereocenters. The van der Waals surface area contributed by atoms with Crippen molar-refractivity contribution in [2.24, 2.45) is 0 Å². The number of likely N-dealkylation sites (tertiary alicyclic amines) is 1. The lowest BCUT2D eigenvalue weighted by Gasteiger charge is -2.30. The number of aliphatic carboxylic acids is 1. The molecule has 0 aromatic carbocycles. The molecule has 0 saturated carbocycles. The van der Waals surface area contributed by atoms with Crippen molar-refractivity contribution in [2.45, 2.75) is 50.9 Å². The molecule has 1 rings (SSSR count). The number of rotatable bonds is 4. The largest absolute Gasteiger partial charge is 0.480 e. The Balaban J connectivity index is 2.74. The zero-order chi connectivity index (χ0) is 14.7. The summed E-state index contributed by atoms with van der Waals surface area (Å²) in [6.07, 6.45) is -3.40. The molecule has 1 aliphatic rings. The molecule has 0 radical (unpaired) electrons. The second kappa shape index (κ2) is 6.09. The Bertz CT molecular complexity index is 321. The summed E-state index contributed by atoms with van der Waals surface area (Å²) in [4.78, 5) is 13.5. The lowest BCUT2D eigenvalue weighted by Crippen LogP contribution is -2.55. The molecule has 0 aromatic heterocycles. The molecule has 1 saturated heterocycles. The summed E-state index contributed by atoms with van der Waals surface area (Å²) < 4.78 is 36.9. The summed E-state index contributed by atoms with van der Waals surface area (Å²) in [6.45, 7) is 3.95. The smallest absolute Gasteiger partial charge is 0.401 e. The molecule has 4 nitrogen and oxygen atoms in total. The molecule has 0 aromatic rings. The molecule has 1 atom stereocenters. The Hall–Kier alpha value is -0.820. The van der Waals surface area contributed by atoms with Crippen molar-refractivity contribution in [3.05, 3.63) is 0 Å². The third-order valence-corrected chi connectivity index (χ3v) is 3.64. The molecule has 1 heterocycles. The van der Waals surface area contributed by atoms with E-state index in [2.05, 4.69) is 10.2 Å². The van der Waals surface area contributed by atoms with Crippen LogP contribution in [0.3, 0.4) is 0 Å². The number of carboxylic acids is 1. The molecule has 0 spiro atoms. The SMILES string of the molecule is CC(C)N1CCCC(NCC(F)(F)F)(C(=O)O)CC1. The fraction of sp³-hybridized carbons (Fsp3) is 0.917. The van der Waals surface area contributed by atoms with E-state index >= 15 is 0 Å². The molecule has 112 valence electrons. The van der Waals surface area contributed by atoms with Gasteiger partial charge in [0.05, 0.1) is 6.54 Å². The first-order valence-corrected chi connectivity index (χ1v) is 6.45. The lowest BCUT2D eigenvalue weighted by molar-refractivity contribution is -0.151. The summed E-state index contributed by atoms with van der Waals surface area (Å²) in [6, 6.07) is 0.271. The highest BCUT2D eigenvalue weighted by molar-refractivity contribution is 5.78. The Morgan fingerprint density at radius 1 is 1.37 bits per heavy atom. The standard InChI is InChI=1S/C12H21F3N2O2/c1-9(2)17-6-3-4-11(5-7-17,10(18)19)16-8-12(13,14)15/h9,16H,3-8H2,1-2H3,(H,18,19). The van der Waals surface area contributed by atoms with Gasteiger partial charge in [-0.15, -0.1) is 0 Å².